The van der Waals surface area contributed by atoms with Crippen LogP contribution in [0, 0.1) is 11.8 Å². The summed E-state index contributed by atoms with van der Waals surface area (Å²) in [7, 11) is 5.02. The van der Waals surface area contributed by atoms with Gasteiger partial charge in [0.05, 0.1) is 21.3 Å². The van der Waals surface area contributed by atoms with Crippen LogP contribution in [0.5, 0.6) is 17.2 Å². The summed E-state index contributed by atoms with van der Waals surface area (Å²) < 4.78 is 17.7. The normalized spacial score (nSPS) is 23.6. The predicted molar refractivity (Wildman–Crippen MR) is 97.4 cm³/mol. The number of allylic oxidation sites excluding steroid dienone is 2. The fourth-order valence-electron chi connectivity index (χ4n) is 4.05. The highest BCUT2D eigenvalue weighted by Crippen LogP contribution is 2.52. The van der Waals surface area contributed by atoms with Crippen molar-refractivity contribution in [1.29, 1.82) is 0 Å². The van der Waals surface area contributed by atoms with E-state index in [0.29, 0.717) is 11.7 Å². The number of hydrogen-bond acceptors (Lipinski definition) is 3. The monoisotopic (exact) mass is 414 g/mol. The summed E-state index contributed by atoms with van der Waals surface area (Å²) in [6, 6.07) is 4.23. The summed E-state index contributed by atoms with van der Waals surface area (Å²) in [6.45, 7) is 0. The number of benzene rings is 1. The number of methoxy groups -OCH3 is 3. The van der Waals surface area contributed by atoms with Gasteiger partial charge in [0, 0.05) is 4.43 Å². The van der Waals surface area contributed by atoms with Gasteiger partial charge >= 0.3 is 0 Å². The lowest BCUT2D eigenvalue weighted by Gasteiger charge is -2.18. The molecule has 0 radical (unpaired) electrons. The van der Waals surface area contributed by atoms with E-state index in [4.69, 9.17) is 14.2 Å². The lowest BCUT2D eigenvalue weighted by atomic mass is 9.93. The standard InChI is InChI=1S/C18H23IO3/c1-20-15-8-12(9-16(21-2)18(15)22-3)17-13(10-19)7-11-5-4-6-14(11)17/h8-9,11,13H,4-7,10H2,1-3H3/t11-,13-/m0/s1. The van der Waals surface area contributed by atoms with Crippen LogP contribution in [0.4, 0.5) is 0 Å². The lowest BCUT2D eigenvalue weighted by Crippen LogP contribution is -2.04. The average molecular weight is 414 g/mol. The number of alkyl halides is 1. The largest absolute Gasteiger partial charge is 0.493 e. The van der Waals surface area contributed by atoms with Crippen LogP contribution in [0.15, 0.2) is 17.7 Å². The Hall–Kier alpha value is -0.910. The second-order valence-corrected chi connectivity index (χ2v) is 6.91. The Bertz CT molecular complexity index is 569. The fourth-order valence-corrected chi connectivity index (χ4v) is 4.85. The molecule has 0 heterocycles. The van der Waals surface area contributed by atoms with Crippen LogP contribution >= 0.6 is 22.6 Å². The molecule has 0 amide bonds. The maximum atomic E-state index is 5.53. The molecule has 4 heteroatoms. The van der Waals surface area contributed by atoms with Crippen molar-refractivity contribution in [2.75, 3.05) is 25.8 Å². The van der Waals surface area contributed by atoms with Gasteiger partial charge in [0.15, 0.2) is 11.5 Å². The van der Waals surface area contributed by atoms with Gasteiger partial charge in [0.1, 0.15) is 0 Å². The van der Waals surface area contributed by atoms with Gasteiger partial charge in [0.2, 0.25) is 5.75 Å². The molecule has 0 bridgehead atoms. The molecular formula is C18H23IO3. The van der Waals surface area contributed by atoms with Crippen molar-refractivity contribution in [2.45, 2.75) is 25.7 Å². The van der Waals surface area contributed by atoms with Gasteiger partial charge in [-0.05, 0) is 60.8 Å². The molecule has 120 valence electrons. The van der Waals surface area contributed by atoms with E-state index in [1.54, 1.807) is 26.9 Å². The Labute approximate surface area is 146 Å². The molecule has 0 aliphatic heterocycles. The Balaban J connectivity index is 2.12. The molecular weight excluding hydrogens is 391 g/mol. The Morgan fingerprint density at radius 1 is 1.09 bits per heavy atom. The molecule has 3 nitrogen and oxygen atoms in total. The summed E-state index contributed by atoms with van der Waals surface area (Å²) in [6.07, 6.45) is 5.26. The number of hydrogen-bond donors (Lipinski definition) is 0. The van der Waals surface area contributed by atoms with Gasteiger partial charge in [-0.3, -0.25) is 0 Å². The molecule has 0 unspecified atom stereocenters. The molecule has 0 spiro atoms. The van der Waals surface area contributed by atoms with E-state index in [2.05, 4.69) is 34.7 Å². The first-order valence-electron chi connectivity index (χ1n) is 7.82. The van der Waals surface area contributed by atoms with E-state index in [-0.39, 0.29) is 0 Å². The second-order valence-electron chi connectivity index (χ2n) is 6.03. The van der Waals surface area contributed by atoms with Crippen LogP contribution in [-0.2, 0) is 0 Å². The highest BCUT2D eigenvalue weighted by molar-refractivity contribution is 14.1. The zero-order chi connectivity index (χ0) is 15.7. The molecule has 2 aliphatic rings. The van der Waals surface area contributed by atoms with Crippen LogP contribution in [0.25, 0.3) is 5.57 Å². The molecule has 2 atom stereocenters. The van der Waals surface area contributed by atoms with E-state index >= 15 is 0 Å². The SMILES string of the molecule is COc1cc(C2=C3CCC[C@H]3C[C@H]2CI)cc(OC)c1OC. The van der Waals surface area contributed by atoms with Crippen molar-refractivity contribution in [3.63, 3.8) is 0 Å². The van der Waals surface area contributed by atoms with Crippen LogP contribution in [0.3, 0.4) is 0 Å². The van der Waals surface area contributed by atoms with Gasteiger partial charge in [-0.15, -0.1) is 0 Å². The third kappa shape index (κ3) is 2.59. The molecule has 1 saturated carbocycles. The summed E-state index contributed by atoms with van der Waals surface area (Å²) in [5.41, 5.74) is 4.46. The van der Waals surface area contributed by atoms with Crippen molar-refractivity contribution in [2.24, 2.45) is 11.8 Å². The van der Waals surface area contributed by atoms with Crippen LogP contribution in [0.2, 0.25) is 0 Å². The van der Waals surface area contributed by atoms with Gasteiger partial charge in [-0.1, -0.05) is 28.2 Å². The summed E-state index contributed by atoms with van der Waals surface area (Å²) in [4.78, 5) is 0. The van der Waals surface area contributed by atoms with Crippen LogP contribution in [0.1, 0.15) is 31.2 Å². The van der Waals surface area contributed by atoms with Crippen LogP contribution < -0.4 is 14.2 Å². The van der Waals surface area contributed by atoms with E-state index < -0.39 is 0 Å². The topological polar surface area (TPSA) is 27.7 Å². The summed E-state index contributed by atoms with van der Waals surface area (Å²) >= 11 is 2.52. The van der Waals surface area contributed by atoms with Crippen molar-refractivity contribution < 1.29 is 14.2 Å². The quantitative estimate of drug-likeness (QED) is 0.516. The molecule has 2 aliphatic carbocycles. The highest BCUT2D eigenvalue weighted by atomic mass is 127. The van der Waals surface area contributed by atoms with Crippen molar-refractivity contribution >= 4 is 28.2 Å². The summed E-state index contributed by atoms with van der Waals surface area (Å²) in [5.74, 6) is 3.63. The maximum Gasteiger partial charge on any atom is 0.203 e. The zero-order valence-electron chi connectivity index (χ0n) is 13.4. The van der Waals surface area contributed by atoms with Crippen LogP contribution in [-0.4, -0.2) is 25.8 Å². The van der Waals surface area contributed by atoms with Crippen molar-refractivity contribution in [3.8, 4) is 17.2 Å². The van der Waals surface area contributed by atoms with E-state index in [1.807, 2.05) is 0 Å². The van der Waals surface area contributed by atoms with Crippen molar-refractivity contribution in [1.82, 2.24) is 0 Å². The third-order valence-corrected chi connectivity index (χ3v) is 6.04. The molecule has 0 saturated heterocycles. The molecule has 1 fully saturated rings. The minimum atomic E-state index is 0.656. The molecule has 1 aromatic rings. The van der Waals surface area contributed by atoms with E-state index in [1.165, 1.54) is 41.2 Å². The fraction of sp³-hybridized carbons (Fsp3) is 0.556. The van der Waals surface area contributed by atoms with E-state index in [0.717, 1.165) is 17.4 Å². The highest BCUT2D eigenvalue weighted by Gasteiger charge is 2.36. The predicted octanol–water partition coefficient (Wildman–Crippen LogP) is 4.72. The third-order valence-electron chi connectivity index (χ3n) is 4.98. The lowest BCUT2D eigenvalue weighted by molar-refractivity contribution is 0.324. The molecule has 0 aromatic heterocycles. The average Bonchev–Trinajstić information content (AvgIpc) is 3.13. The number of rotatable bonds is 5. The Morgan fingerprint density at radius 2 is 1.77 bits per heavy atom. The smallest absolute Gasteiger partial charge is 0.203 e. The molecule has 1 aromatic carbocycles. The van der Waals surface area contributed by atoms with Gasteiger partial charge < -0.3 is 14.2 Å². The number of halogens is 1. The Morgan fingerprint density at radius 3 is 2.32 bits per heavy atom. The Kier molecular flexibility index (Phi) is 4.85. The molecule has 3 rings (SSSR count). The molecule has 22 heavy (non-hydrogen) atoms. The number of fused-ring (bicyclic) bond motifs is 1. The first-order valence-corrected chi connectivity index (χ1v) is 9.35. The van der Waals surface area contributed by atoms with Gasteiger partial charge in [-0.25, -0.2) is 0 Å². The first kappa shape index (κ1) is 16.0. The minimum Gasteiger partial charge on any atom is -0.493 e. The van der Waals surface area contributed by atoms with Crippen molar-refractivity contribution in [3.05, 3.63) is 23.3 Å². The summed E-state index contributed by atoms with van der Waals surface area (Å²) in [5, 5.41) is 0. The van der Waals surface area contributed by atoms with Gasteiger partial charge in [0.25, 0.3) is 0 Å². The minimum absolute atomic E-state index is 0.656. The number of ether oxygens (including phenoxy) is 3. The van der Waals surface area contributed by atoms with E-state index in [9.17, 15) is 0 Å². The first-order chi connectivity index (χ1) is 10.7. The second kappa shape index (κ2) is 6.69. The van der Waals surface area contributed by atoms with Gasteiger partial charge in [-0.2, -0.15) is 0 Å². The molecule has 0 N–H and O–H groups in total. The zero-order valence-corrected chi connectivity index (χ0v) is 15.6. The maximum absolute atomic E-state index is 5.53.